The molecule has 0 spiro atoms. The van der Waals surface area contributed by atoms with E-state index in [-0.39, 0.29) is 28.4 Å². The molecule has 1 atom stereocenters. The van der Waals surface area contributed by atoms with E-state index in [1.165, 1.54) is 6.92 Å². The third-order valence-corrected chi connectivity index (χ3v) is 0.772. The molecular formula is C3H7NiO5S-. The summed E-state index contributed by atoms with van der Waals surface area (Å²) < 4.78 is 22.7. The van der Waals surface area contributed by atoms with E-state index in [1.807, 2.05) is 0 Å². The second kappa shape index (κ2) is 9.03. The number of rotatable bonds is 2. The normalized spacial score (nSPS) is 10.2. The molecule has 0 rings (SSSR count). The molecule has 66 valence electrons. The summed E-state index contributed by atoms with van der Waals surface area (Å²) in [6.45, 7) is 1.51. The van der Waals surface area contributed by atoms with Crippen LogP contribution in [0.2, 0.25) is 0 Å². The average Bonchev–Trinajstić information content (AvgIpc) is 1.65. The molecule has 0 aliphatic heterocycles. The van der Waals surface area contributed by atoms with E-state index in [0.29, 0.717) is 0 Å². The third-order valence-electron chi connectivity index (χ3n) is 0.450. The molecule has 0 radical (unpaired) electrons. The summed E-state index contributed by atoms with van der Waals surface area (Å²) in [5, 5.41) is 0. The monoisotopic (exact) mass is 213 g/mol. The minimum absolute atomic E-state index is 0. The van der Waals surface area contributed by atoms with Gasteiger partial charge in [-0.3, -0.25) is 4.79 Å². The zero-order chi connectivity index (χ0) is 6.57. The van der Waals surface area contributed by atoms with Gasteiger partial charge >= 0.3 is 5.97 Å². The van der Waals surface area contributed by atoms with Crippen LogP contribution in [0.3, 0.4) is 0 Å². The Morgan fingerprint density at radius 3 is 2.20 bits per heavy atom. The molecule has 1 unspecified atom stereocenters. The Morgan fingerprint density at radius 2 is 2.10 bits per heavy atom. The van der Waals surface area contributed by atoms with Gasteiger partial charge in [0.05, 0.1) is 0 Å². The Bertz CT molecular complexity index is 115. The molecule has 10 heavy (non-hydrogen) atoms. The van der Waals surface area contributed by atoms with Crippen LogP contribution >= 0.6 is 0 Å². The summed E-state index contributed by atoms with van der Waals surface area (Å²) in [5.41, 5.74) is 0. The molecule has 0 amide bonds. The summed E-state index contributed by atoms with van der Waals surface area (Å²) in [6.07, 6.45) is 0.0774. The molecule has 0 heterocycles. The van der Waals surface area contributed by atoms with Crippen LogP contribution in [-0.2, 0) is 36.8 Å². The van der Waals surface area contributed by atoms with E-state index in [9.17, 15) is 13.6 Å². The van der Waals surface area contributed by atoms with Gasteiger partial charge in [0, 0.05) is 22.9 Å². The third kappa shape index (κ3) is 10.9. The van der Waals surface area contributed by atoms with Crippen molar-refractivity contribution in [3.8, 4) is 0 Å². The van der Waals surface area contributed by atoms with Crippen molar-refractivity contribution in [2.45, 2.75) is 13.3 Å². The van der Waals surface area contributed by atoms with Crippen LogP contribution in [0.15, 0.2) is 0 Å². The number of hydrogen-bond donors (Lipinski definition) is 0. The summed E-state index contributed by atoms with van der Waals surface area (Å²) >= 11 is -2.70. The molecule has 0 aromatic heterocycles. The van der Waals surface area contributed by atoms with E-state index >= 15 is 0 Å². The first kappa shape index (κ1) is 16.6. The maximum Gasteiger partial charge on any atom is 0.318 e. The standard InChI is InChI=1S/C3H6O4S.Ni.H2O/c1-2-3(4)7-8(5)6;;/h2H2,1H3,(H,5,6);;1H2/p-1. The molecule has 0 aliphatic carbocycles. The molecule has 0 aromatic carbocycles. The van der Waals surface area contributed by atoms with E-state index < -0.39 is 17.3 Å². The van der Waals surface area contributed by atoms with Crippen molar-refractivity contribution in [2.75, 3.05) is 0 Å². The van der Waals surface area contributed by atoms with Crippen molar-refractivity contribution in [1.82, 2.24) is 0 Å². The topological polar surface area (TPSA) is 97.9 Å². The van der Waals surface area contributed by atoms with Gasteiger partial charge < -0.3 is 14.2 Å². The van der Waals surface area contributed by atoms with Crippen molar-refractivity contribution in [3.63, 3.8) is 0 Å². The molecule has 0 fully saturated rings. The van der Waals surface area contributed by atoms with E-state index in [0.717, 1.165) is 0 Å². The van der Waals surface area contributed by atoms with Crippen LogP contribution in [0.4, 0.5) is 0 Å². The second-order valence-electron chi connectivity index (χ2n) is 1.01. The van der Waals surface area contributed by atoms with Crippen LogP contribution in [0.25, 0.3) is 0 Å². The van der Waals surface area contributed by atoms with Gasteiger partial charge in [-0.05, 0) is 0 Å². The molecule has 0 aliphatic rings. The van der Waals surface area contributed by atoms with E-state index in [4.69, 9.17) is 0 Å². The van der Waals surface area contributed by atoms with E-state index in [1.54, 1.807) is 0 Å². The van der Waals surface area contributed by atoms with Gasteiger partial charge in [-0.1, -0.05) is 6.92 Å². The Morgan fingerprint density at radius 1 is 1.70 bits per heavy atom. The molecule has 0 saturated heterocycles. The molecular weight excluding hydrogens is 207 g/mol. The van der Waals surface area contributed by atoms with Crippen LogP contribution in [0.1, 0.15) is 13.3 Å². The van der Waals surface area contributed by atoms with Gasteiger partial charge in [0.25, 0.3) is 0 Å². The predicted molar refractivity (Wildman–Crippen MR) is 28.9 cm³/mol. The van der Waals surface area contributed by atoms with Gasteiger partial charge in [0.2, 0.25) is 0 Å². The first-order valence-electron chi connectivity index (χ1n) is 1.97. The van der Waals surface area contributed by atoms with Crippen molar-refractivity contribution in [2.24, 2.45) is 0 Å². The van der Waals surface area contributed by atoms with Crippen LogP contribution in [0, 0.1) is 0 Å². The van der Waals surface area contributed by atoms with Crippen LogP contribution in [-0.4, -0.2) is 20.2 Å². The maximum atomic E-state index is 10.0. The molecule has 0 saturated carbocycles. The number of carbonyl (C=O) groups excluding carboxylic acids is 1. The first-order valence-corrected chi connectivity index (χ1v) is 2.97. The minimum atomic E-state index is -2.70. The largest absolute Gasteiger partial charge is 0.740 e. The summed E-state index contributed by atoms with van der Waals surface area (Å²) in [4.78, 5) is 10.0. The maximum absolute atomic E-state index is 10.0. The molecule has 2 N–H and O–H groups in total. The van der Waals surface area contributed by atoms with Crippen molar-refractivity contribution >= 4 is 17.3 Å². The number of hydrogen-bond acceptors (Lipinski definition) is 4. The molecule has 7 heteroatoms. The average molecular weight is 214 g/mol. The molecule has 0 bridgehead atoms. The Hall–Kier alpha value is 0.0335. The minimum Gasteiger partial charge on any atom is -0.740 e. The predicted octanol–water partition coefficient (Wildman–Crippen LogP) is -1.09. The quantitative estimate of drug-likeness (QED) is 0.430. The number of carbonyl (C=O) groups is 1. The van der Waals surface area contributed by atoms with Gasteiger partial charge in [-0.25, -0.2) is 4.21 Å². The fraction of sp³-hybridized carbons (Fsp3) is 0.667. The zero-order valence-electron chi connectivity index (χ0n) is 5.06. The Kier molecular flexibility index (Phi) is 15.0. The first-order chi connectivity index (χ1) is 3.66. The van der Waals surface area contributed by atoms with Gasteiger partial charge in [-0.15, -0.1) is 0 Å². The van der Waals surface area contributed by atoms with Gasteiger partial charge in [0.1, 0.15) is 11.4 Å². The molecule has 5 nitrogen and oxygen atoms in total. The van der Waals surface area contributed by atoms with Crippen molar-refractivity contribution in [3.05, 3.63) is 0 Å². The van der Waals surface area contributed by atoms with Gasteiger partial charge in [0.15, 0.2) is 0 Å². The summed E-state index contributed by atoms with van der Waals surface area (Å²) in [7, 11) is 0. The van der Waals surface area contributed by atoms with Crippen molar-refractivity contribution < 1.29 is 39.7 Å². The van der Waals surface area contributed by atoms with Gasteiger partial charge in [-0.2, -0.15) is 0 Å². The summed E-state index contributed by atoms with van der Waals surface area (Å²) in [5.74, 6) is -0.738. The van der Waals surface area contributed by atoms with Crippen LogP contribution in [0.5, 0.6) is 0 Å². The van der Waals surface area contributed by atoms with Crippen molar-refractivity contribution in [1.29, 1.82) is 0 Å². The summed E-state index contributed by atoms with van der Waals surface area (Å²) in [6, 6.07) is 0. The van der Waals surface area contributed by atoms with E-state index in [2.05, 4.69) is 4.18 Å². The van der Waals surface area contributed by atoms with Crippen LogP contribution < -0.4 is 0 Å². The smallest absolute Gasteiger partial charge is 0.318 e. The zero-order valence-corrected chi connectivity index (χ0v) is 6.87. The molecule has 0 aromatic rings. The SMILES string of the molecule is CCC(=O)OS(=O)[O-].O.[Ni]. The fourth-order valence-electron chi connectivity index (χ4n) is 0.135. The fourth-order valence-corrected chi connectivity index (χ4v) is 0.404. The second-order valence-corrected chi connectivity index (χ2v) is 1.59. The Balaban J connectivity index is -0.000000245. The Labute approximate surface area is 70.9 Å².